The van der Waals surface area contributed by atoms with Gasteiger partial charge in [0.05, 0.1) is 19.7 Å². The summed E-state index contributed by atoms with van der Waals surface area (Å²) >= 11 is 0. The fourth-order valence-corrected chi connectivity index (χ4v) is 3.12. The van der Waals surface area contributed by atoms with Crippen LogP contribution in [0.3, 0.4) is 0 Å². The van der Waals surface area contributed by atoms with Crippen molar-refractivity contribution >= 4 is 11.7 Å². The van der Waals surface area contributed by atoms with E-state index in [0.29, 0.717) is 11.6 Å². The molecule has 5 heteroatoms. The third-order valence-corrected chi connectivity index (χ3v) is 4.21. The van der Waals surface area contributed by atoms with Crippen molar-refractivity contribution in [1.29, 1.82) is 0 Å². The second-order valence-corrected chi connectivity index (χ2v) is 5.58. The van der Waals surface area contributed by atoms with Crippen LogP contribution in [0.5, 0.6) is 5.88 Å². The topological polar surface area (TPSA) is 54.5 Å². The number of carbonyl (C=O) groups excluding carboxylic acids is 1. The van der Waals surface area contributed by atoms with Crippen LogP contribution in [0.1, 0.15) is 23.6 Å². The van der Waals surface area contributed by atoms with E-state index in [-0.39, 0.29) is 18.6 Å². The summed E-state index contributed by atoms with van der Waals surface area (Å²) in [7, 11) is 1.52. The molecule has 1 aromatic heterocycles. The molecule has 2 amide bonds. The maximum atomic E-state index is 12.8. The smallest absolute Gasteiger partial charge is 0.323 e. The minimum atomic E-state index is -0.249. The van der Waals surface area contributed by atoms with Crippen LogP contribution in [-0.2, 0) is 6.42 Å². The number of hydrogen-bond donors (Lipinski definition) is 1. The molecule has 1 heterocycles. The summed E-state index contributed by atoms with van der Waals surface area (Å²) in [6, 6.07) is 11.4. The number of amides is 2. The molecule has 24 heavy (non-hydrogen) atoms. The van der Waals surface area contributed by atoms with Crippen molar-refractivity contribution in [3.05, 3.63) is 53.7 Å². The molecule has 1 atom stereocenters. The summed E-state index contributed by atoms with van der Waals surface area (Å²) in [4.78, 5) is 18.6. The predicted octanol–water partition coefficient (Wildman–Crippen LogP) is 3.24. The molecule has 0 radical (unpaired) electrons. The zero-order valence-electron chi connectivity index (χ0n) is 13.5. The average Bonchev–Trinajstić information content (AvgIpc) is 3.04. The van der Waals surface area contributed by atoms with Crippen molar-refractivity contribution < 1.29 is 9.53 Å². The SMILES string of the molecule is C#CCN(C(=O)Nc1cccnc1OC)[C@H]1CCc2ccccc21. The van der Waals surface area contributed by atoms with Crippen molar-refractivity contribution in [3.63, 3.8) is 0 Å². The minimum Gasteiger partial charge on any atom is -0.480 e. The number of urea groups is 1. The van der Waals surface area contributed by atoms with Gasteiger partial charge in [-0.25, -0.2) is 9.78 Å². The number of nitrogens with one attached hydrogen (secondary N) is 1. The van der Waals surface area contributed by atoms with Gasteiger partial charge in [-0.1, -0.05) is 30.2 Å². The molecule has 122 valence electrons. The van der Waals surface area contributed by atoms with E-state index >= 15 is 0 Å². The molecule has 2 aromatic rings. The molecule has 0 fully saturated rings. The number of pyridine rings is 1. The lowest BCUT2D eigenvalue weighted by Gasteiger charge is -2.28. The van der Waals surface area contributed by atoms with Gasteiger partial charge in [-0.2, -0.15) is 0 Å². The second kappa shape index (κ2) is 7.05. The Kier molecular flexibility index (Phi) is 4.66. The Morgan fingerprint density at radius 2 is 2.25 bits per heavy atom. The zero-order valence-corrected chi connectivity index (χ0v) is 13.5. The number of fused-ring (bicyclic) bond motifs is 1. The van der Waals surface area contributed by atoms with Crippen LogP contribution < -0.4 is 10.1 Å². The van der Waals surface area contributed by atoms with Crippen LogP contribution in [0.25, 0.3) is 0 Å². The number of aromatic nitrogens is 1. The molecule has 0 unspecified atom stereocenters. The Morgan fingerprint density at radius 3 is 3.04 bits per heavy atom. The van der Waals surface area contributed by atoms with E-state index in [4.69, 9.17) is 11.2 Å². The van der Waals surface area contributed by atoms with Gasteiger partial charge in [0.2, 0.25) is 5.88 Å². The van der Waals surface area contributed by atoms with Gasteiger partial charge in [0, 0.05) is 6.20 Å². The fourth-order valence-electron chi connectivity index (χ4n) is 3.12. The molecule has 0 bridgehead atoms. The number of hydrogen-bond acceptors (Lipinski definition) is 3. The molecule has 1 aromatic carbocycles. The van der Waals surface area contributed by atoms with Gasteiger partial charge in [-0.3, -0.25) is 0 Å². The first-order chi connectivity index (χ1) is 11.7. The van der Waals surface area contributed by atoms with E-state index in [0.717, 1.165) is 12.8 Å². The Morgan fingerprint density at radius 1 is 1.42 bits per heavy atom. The van der Waals surface area contributed by atoms with E-state index in [1.54, 1.807) is 23.2 Å². The summed E-state index contributed by atoms with van der Waals surface area (Å²) in [6.07, 6.45) is 8.93. The number of rotatable bonds is 4. The number of nitrogens with zero attached hydrogens (tertiary/aromatic N) is 2. The van der Waals surface area contributed by atoms with Crippen LogP contribution in [0, 0.1) is 12.3 Å². The zero-order chi connectivity index (χ0) is 16.9. The summed E-state index contributed by atoms with van der Waals surface area (Å²) in [6.45, 7) is 0.243. The third-order valence-electron chi connectivity index (χ3n) is 4.21. The molecule has 3 rings (SSSR count). The molecule has 1 N–H and O–H groups in total. The van der Waals surface area contributed by atoms with Crippen LogP contribution in [-0.4, -0.2) is 29.6 Å². The van der Waals surface area contributed by atoms with Gasteiger partial charge in [0.25, 0.3) is 0 Å². The van der Waals surface area contributed by atoms with Gasteiger partial charge >= 0.3 is 6.03 Å². The number of aryl methyl sites for hydroxylation is 1. The Hall–Kier alpha value is -3.00. The van der Waals surface area contributed by atoms with Crippen molar-refractivity contribution in [2.75, 3.05) is 19.0 Å². The van der Waals surface area contributed by atoms with Gasteiger partial charge in [-0.15, -0.1) is 6.42 Å². The van der Waals surface area contributed by atoms with Gasteiger partial charge in [-0.05, 0) is 36.1 Å². The average molecular weight is 321 g/mol. The van der Waals surface area contributed by atoms with Crippen molar-refractivity contribution in [1.82, 2.24) is 9.88 Å². The lowest BCUT2D eigenvalue weighted by Crippen LogP contribution is -2.37. The molecule has 0 aliphatic heterocycles. The van der Waals surface area contributed by atoms with E-state index in [2.05, 4.69) is 28.4 Å². The van der Waals surface area contributed by atoms with Crippen molar-refractivity contribution in [2.24, 2.45) is 0 Å². The van der Waals surface area contributed by atoms with Gasteiger partial charge in [0.15, 0.2) is 0 Å². The molecular formula is C19H19N3O2. The monoisotopic (exact) mass is 321 g/mol. The fraction of sp³-hybridized carbons (Fsp3) is 0.263. The maximum absolute atomic E-state index is 12.8. The molecule has 1 aliphatic rings. The molecule has 0 saturated carbocycles. The Labute approximate surface area is 141 Å². The number of terminal acetylenes is 1. The summed E-state index contributed by atoms with van der Waals surface area (Å²) in [5.74, 6) is 2.96. The largest absolute Gasteiger partial charge is 0.480 e. The van der Waals surface area contributed by atoms with E-state index in [1.165, 1.54) is 18.2 Å². The number of methoxy groups -OCH3 is 1. The number of benzene rings is 1. The van der Waals surface area contributed by atoms with Crippen molar-refractivity contribution in [2.45, 2.75) is 18.9 Å². The lowest BCUT2D eigenvalue weighted by molar-refractivity contribution is 0.197. The van der Waals surface area contributed by atoms with Crippen LogP contribution >= 0.6 is 0 Å². The van der Waals surface area contributed by atoms with Gasteiger partial charge < -0.3 is 15.0 Å². The normalized spacial score (nSPS) is 15.2. The van der Waals surface area contributed by atoms with Crippen LogP contribution in [0.2, 0.25) is 0 Å². The second-order valence-electron chi connectivity index (χ2n) is 5.58. The highest BCUT2D eigenvalue weighted by Crippen LogP contribution is 2.36. The number of carbonyl (C=O) groups is 1. The standard InChI is InChI=1S/C19H19N3O2/c1-3-13-22(17-11-10-14-7-4-5-8-15(14)17)19(23)21-16-9-6-12-20-18(16)24-2/h1,4-9,12,17H,10-11,13H2,2H3,(H,21,23)/t17-/m0/s1. The predicted molar refractivity (Wildman–Crippen MR) is 92.9 cm³/mol. The van der Waals surface area contributed by atoms with Crippen molar-refractivity contribution in [3.8, 4) is 18.2 Å². The number of ether oxygens (including phenoxy) is 1. The highest BCUT2D eigenvalue weighted by atomic mass is 16.5. The molecule has 1 aliphatic carbocycles. The summed E-state index contributed by atoms with van der Waals surface area (Å²) in [5, 5.41) is 2.86. The first-order valence-corrected chi connectivity index (χ1v) is 7.82. The van der Waals surface area contributed by atoms with Gasteiger partial charge in [0.1, 0.15) is 5.69 Å². The Bertz CT molecular complexity index is 782. The summed E-state index contributed by atoms with van der Waals surface area (Å²) in [5.41, 5.74) is 2.97. The first kappa shape index (κ1) is 15.9. The molecular weight excluding hydrogens is 302 g/mol. The highest BCUT2D eigenvalue weighted by molar-refractivity contribution is 5.91. The molecule has 0 spiro atoms. The van der Waals surface area contributed by atoms with Crippen LogP contribution in [0.15, 0.2) is 42.6 Å². The number of anilines is 1. The molecule has 0 saturated heterocycles. The van der Waals surface area contributed by atoms with Crippen LogP contribution in [0.4, 0.5) is 10.5 Å². The quantitative estimate of drug-likeness (QED) is 0.880. The first-order valence-electron chi connectivity index (χ1n) is 7.82. The van der Waals surface area contributed by atoms with E-state index in [1.807, 2.05) is 12.1 Å². The Balaban J connectivity index is 1.84. The minimum absolute atomic E-state index is 0.0140. The third kappa shape index (κ3) is 3.04. The molecule has 5 nitrogen and oxygen atoms in total. The maximum Gasteiger partial charge on any atom is 0.323 e. The van der Waals surface area contributed by atoms with E-state index in [9.17, 15) is 4.79 Å². The lowest BCUT2D eigenvalue weighted by atomic mass is 10.1. The van der Waals surface area contributed by atoms with E-state index < -0.39 is 0 Å². The summed E-state index contributed by atoms with van der Waals surface area (Å²) < 4.78 is 5.18. The highest BCUT2D eigenvalue weighted by Gasteiger charge is 2.30.